The number of rotatable bonds is 3. The van der Waals surface area contributed by atoms with Crippen LogP contribution < -0.4 is 11.1 Å². The van der Waals surface area contributed by atoms with Gasteiger partial charge in [-0.1, -0.05) is 23.7 Å². The van der Waals surface area contributed by atoms with Gasteiger partial charge in [0.1, 0.15) is 11.4 Å². The first kappa shape index (κ1) is 19.2. The lowest BCUT2D eigenvalue weighted by atomic mass is 9.67. The number of nitrogens with two attached hydrogens (primary N) is 1. The van der Waals surface area contributed by atoms with Gasteiger partial charge in [0.2, 0.25) is 5.91 Å². The van der Waals surface area contributed by atoms with Crippen LogP contribution in [0.5, 0.6) is 0 Å². The first-order chi connectivity index (χ1) is 12.6. The van der Waals surface area contributed by atoms with E-state index in [1.165, 1.54) is 11.0 Å². The largest absolute Gasteiger partial charge is 0.369 e. The number of nitrogens with zero attached hydrogens (tertiary/aromatic N) is 2. The number of anilines is 2. The predicted octanol–water partition coefficient (Wildman–Crippen LogP) is 4.25. The summed E-state index contributed by atoms with van der Waals surface area (Å²) in [6.07, 6.45) is 0. The van der Waals surface area contributed by atoms with E-state index in [1.807, 2.05) is 18.2 Å². The molecule has 0 aromatic heterocycles. The van der Waals surface area contributed by atoms with Crippen molar-refractivity contribution in [3.05, 3.63) is 58.9 Å². The van der Waals surface area contributed by atoms with Crippen molar-refractivity contribution in [3.63, 3.8) is 0 Å². The van der Waals surface area contributed by atoms with Crippen molar-refractivity contribution in [2.24, 2.45) is 16.1 Å². The van der Waals surface area contributed by atoms with Gasteiger partial charge in [-0.15, -0.1) is 0 Å². The molecule has 2 aromatic rings. The Morgan fingerprint density at radius 3 is 2.52 bits per heavy atom. The van der Waals surface area contributed by atoms with Crippen molar-refractivity contribution in [1.29, 1.82) is 0 Å². The molecule has 0 bridgehead atoms. The van der Waals surface area contributed by atoms with Crippen molar-refractivity contribution >= 4 is 34.8 Å². The summed E-state index contributed by atoms with van der Waals surface area (Å²) in [5, 5.41) is 3.73. The fourth-order valence-electron chi connectivity index (χ4n) is 3.27. The van der Waals surface area contributed by atoms with Crippen molar-refractivity contribution in [2.75, 3.05) is 12.4 Å². The van der Waals surface area contributed by atoms with Crippen LogP contribution in [0.2, 0.25) is 5.02 Å². The molecule has 3 rings (SSSR count). The van der Waals surface area contributed by atoms with E-state index in [4.69, 9.17) is 17.3 Å². The Morgan fingerprint density at radius 2 is 1.85 bits per heavy atom. The molecule has 3 N–H and O–H groups in total. The van der Waals surface area contributed by atoms with Gasteiger partial charge in [-0.25, -0.2) is 9.38 Å². The molecule has 2 aromatic carbocycles. The van der Waals surface area contributed by atoms with E-state index in [2.05, 4.69) is 10.3 Å². The van der Waals surface area contributed by atoms with Crippen LogP contribution in [0.4, 0.5) is 15.8 Å². The molecule has 27 heavy (non-hydrogen) atoms. The highest BCUT2D eigenvalue weighted by Gasteiger charge is 2.53. The highest BCUT2D eigenvalue weighted by atomic mass is 35.5. The Morgan fingerprint density at radius 1 is 1.19 bits per heavy atom. The lowest BCUT2D eigenvalue weighted by molar-refractivity contribution is -0.140. The van der Waals surface area contributed by atoms with Crippen molar-refractivity contribution in [3.8, 4) is 0 Å². The average Bonchev–Trinajstić information content (AvgIpc) is 2.62. The molecule has 1 aliphatic rings. The maximum absolute atomic E-state index is 14.8. The average molecular weight is 389 g/mol. The van der Waals surface area contributed by atoms with Crippen LogP contribution in [0.25, 0.3) is 0 Å². The molecule has 0 unspecified atom stereocenters. The zero-order chi connectivity index (χ0) is 20.0. The molecule has 1 aliphatic heterocycles. The molecule has 0 saturated carbocycles. The van der Waals surface area contributed by atoms with E-state index >= 15 is 0 Å². The van der Waals surface area contributed by atoms with Gasteiger partial charge in [-0.2, -0.15) is 0 Å². The van der Waals surface area contributed by atoms with E-state index in [1.54, 1.807) is 46.0 Å². The summed E-state index contributed by atoms with van der Waals surface area (Å²) in [5.74, 6) is -0.615. The van der Waals surface area contributed by atoms with Gasteiger partial charge >= 0.3 is 0 Å². The number of carbonyl (C=O) groups is 1. The molecular formula is C20H22ClFN4O. The number of carbonyl (C=O) groups excluding carboxylic acids is 1. The molecule has 0 saturated heterocycles. The molecular weight excluding hydrogens is 367 g/mol. The molecule has 0 fully saturated rings. The van der Waals surface area contributed by atoms with Crippen molar-refractivity contribution in [1.82, 2.24) is 4.90 Å². The molecule has 1 amide bonds. The molecule has 7 heteroatoms. The second kappa shape index (κ2) is 6.53. The predicted molar refractivity (Wildman–Crippen MR) is 107 cm³/mol. The summed E-state index contributed by atoms with van der Waals surface area (Å²) in [7, 11) is 1.56. The number of nitrogens with one attached hydrogen (secondary N) is 1. The van der Waals surface area contributed by atoms with Gasteiger partial charge < -0.3 is 11.1 Å². The van der Waals surface area contributed by atoms with Crippen LogP contribution in [0.1, 0.15) is 26.3 Å². The second-order valence-corrected chi connectivity index (χ2v) is 7.74. The Balaban J connectivity index is 2.11. The van der Waals surface area contributed by atoms with Gasteiger partial charge in [0, 0.05) is 18.3 Å². The third kappa shape index (κ3) is 3.04. The number of aliphatic imine (C=N–C) groups is 1. The minimum Gasteiger partial charge on any atom is -0.369 e. The van der Waals surface area contributed by atoms with Crippen LogP contribution in [0, 0.1) is 11.2 Å². The minimum atomic E-state index is -1.16. The summed E-state index contributed by atoms with van der Waals surface area (Å²) in [5.41, 5.74) is 5.40. The highest BCUT2D eigenvalue weighted by molar-refractivity contribution is 6.33. The summed E-state index contributed by atoms with van der Waals surface area (Å²) in [4.78, 5) is 18.6. The van der Waals surface area contributed by atoms with Gasteiger partial charge in [0.05, 0.1) is 16.1 Å². The quantitative estimate of drug-likeness (QED) is 0.825. The van der Waals surface area contributed by atoms with E-state index in [0.717, 1.165) is 0 Å². The fraction of sp³-hybridized carbons (Fsp3) is 0.300. The summed E-state index contributed by atoms with van der Waals surface area (Å²) in [6.45, 7) is 5.22. The number of benzene rings is 2. The van der Waals surface area contributed by atoms with Gasteiger partial charge in [-0.05, 0) is 51.1 Å². The van der Waals surface area contributed by atoms with Crippen LogP contribution in [0.3, 0.4) is 0 Å². The third-order valence-corrected chi connectivity index (χ3v) is 5.71. The normalized spacial score (nSPS) is 21.8. The lowest BCUT2D eigenvalue weighted by Gasteiger charge is -2.46. The lowest BCUT2D eigenvalue weighted by Crippen LogP contribution is -2.58. The number of hydrogen-bond acceptors (Lipinski definition) is 4. The molecule has 1 atom stereocenters. The Hall–Kier alpha value is -2.60. The maximum atomic E-state index is 14.8. The SMILES string of the molecule is CN1C(=O)C(C)(C)[C@@](C)(c2cc(Nc3ccccc3Cl)ccc2F)N=C1N. The van der Waals surface area contributed by atoms with Crippen LogP contribution in [0.15, 0.2) is 47.5 Å². The standard InChI is InChI=1S/C20H22ClFN4O/c1-19(2)17(27)26(4)18(23)25-20(19,3)13-11-12(9-10-15(13)22)24-16-8-6-5-7-14(16)21/h5-11,24H,1-4H3,(H2,23,25)/t20-/m1/s1. The van der Waals surface area contributed by atoms with E-state index < -0.39 is 16.8 Å². The van der Waals surface area contributed by atoms with E-state index in [9.17, 15) is 9.18 Å². The topological polar surface area (TPSA) is 70.7 Å². The van der Waals surface area contributed by atoms with Crippen molar-refractivity contribution < 1.29 is 9.18 Å². The van der Waals surface area contributed by atoms with Crippen molar-refractivity contribution in [2.45, 2.75) is 26.3 Å². The first-order valence-corrected chi connectivity index (χ1v) is 8.91. The molecule has 0 spiro atoms. The zero-order valence-corrected chi connectivity index (χ0v) is 16.4. The highest BCUT2D eigenvalue weighted by Crippen LogP contribution is 2.47. The summed E-state index contributed by atoms with van der Waals surface area (Å²) < 4.78 is 14.8. The molecule has 5 nitrogen and oxygen atoms in total. The van der Waals surface area contributed by atoms with E-state index in [0.29, 0.717) is 16.4 Å². The number of guanidine groups is 1. The fourth-order valence-corrected chi connectivity index (χ4v) is 3.45. The van der Waals surface area contributed by atoms with E-state index in [-0.39, 0.29) is 17.4 Å². The number of halogens is 2. The van der Waals surface area contributed by atoms with Crippen LogP contribution in [-0.2, 0) is 10.3 Å². The summed E-state index contributed by atoms with van der Waals surface area (Å²) >= 11 is 6.20. The smallest absolute Gasteiger partial charge is 0.237 e. The van der Waals surface area contributed by atoms with Crippen LogP contribution in [-0.4, -0.2) is 23.8 Å². The molecule has 0 radical (unpaired) electrons. The third-order valence-electron chi connectivity index (χ3n) is 5.38. The zero-order valence-electron chi connectivity index (χ0n) is 15.7. The molecule has 142 valence electrons. The minimum absolute atomic E-state index is 0.0608. The number of amides is 1. The molecule has 0 aliphatic carbocycles. The maximum Gasteiger partial charge on any atom is 0.237 e. The first-order valence-electron chi connectivity index (χ1n) is 8.53. The van der Waals surface area contributed by atoms with Gasteiger partial charge in [0.15, 0.2) is 5.96 Å². The van der Waals surface area contributed by atoms with Gasteiger partial charge in [-0.3, -0.25) is 9.69 Å². The molecule has 1 heterocycles. The Bertz CT molecular complexity index is 943. The summed E-state index contributed by atoms with van der Waals surface area (Å²) in [6, 6.07) is 11.9. The Kier molecular flexibility index (Phi) is 4.64. The monoisotopic (exact) mass is 388 g/mol. The van der Waals surface area contributed by atoms with Crippen LogP contribution >= 0.6 is 11.6 Å². The number of hydrogen-bond donors (Lipinski definition) is 2. The number of para-hydroxylation sites is 1. The van der Waals surface area contributed by atoms with Gasteiger partial charge in [0.25, 0.3) is 0 Å². The second-order valence-electron chi connectivity index (χ2n) is 7.33. The Labute approximate surface area is 163 Å².